The minimum absolute atomic E-state index is 0.778. The lowest BCUT2D eigenvalue weighted by Gasteiger charge is -1.94. The van der Waals surface area contributed by atoms with Gasteiger partial charge in [0.25, 0.3) is 0 Å². The molecule has 0 aliphatic heterocycles. The Balaban J connectivity index is 1.60. The summed E-state index contributed by atoms with van der Waals surface area (Å²) in [5.74, 6) is 12.8. The number of halogens is 1. The summed E-state index contributed by atoms with van der Waals surface area (Å²) < 4.78 is 1.09. The van der Waals surface area contributed by atoms with E-state index in [9.17, 15) is 0 Å². The van der Waals surface area contributed by atoms with E-state index in [1.54, 1.807) is 0 Å². The summed E-state index contributed by atoms with van der Waals surface area (Å²) in [4.78, 5) is 0. The van der Waals surface area contributed by atoms with Crippen molar-refractivity contribution < 1.29 is 0 Å². The SMILES string of the molecule is [B]c1ccc(C#CCCCCCC#Cc2ccc(Br)cc2)cc1. The molecule has 0 fully saturated rings. The lowest BCUT2D eigenvalue weighted by molar-refractivity contribution is 0.709. The van der Waals surface area contributed by atoms with Crippen LogP contribution < -0.4 is 5.46 Å². The molecule has 0 N–H and O–H groups in total. The monoisotopic (exact) mass is 360 g/mol. The summed E-state index contributed by atoms with van der Waals surface area (Å²) >= 11 is 3.42. The van der Waals surface area contributed by atoms with Crippen LogP contribution in [0.15, 0.2) is 53.0 Å². The molecule has 2 rings (SSSR count). The summed E-state index contributed by atoms with van der Waals surface area (Å²) in [6.45, 7) is 0. The average Bonchev–Trinajstić information content (AvgIpc) is 2.56. The zero-order valence-corrected chi connectivity index (χ0v) is 14.7. The topological polar surface area (TPSA) is 0 Å². The van der Waals surface area contributed by atoms with E-state index in [2.05, 4.69) is 39.6 Å². The maximum atomic E-state index is 5.64. The number of hydrogen-bond donors (Lipinski definition) is 0. The maximum Gasteiger partial charge on any atom is 0.113 e. The third kappa shape index (κ3) is 7.27. The highest BCUT2D eigenvalue weighted by molar-refractivity contribution is 9.10. The van der Waals surface area contributed by atoms with Crippen LogP contribution in [0, 0.1) is 23.7 Å². The van der Waals surface area contributed by atoms with Crippen molar-refractivity contribution in [3.8, 4) is 23.7 Å². The van der Waals surface area contributed by atoms with Crippen LogP contribution in [0.5, 0.6) is 0 Å². The number of unbranched alkanes of at least 4 members (excludes halogenated alkanes) is 4. The van der Waals surface area contributed by atoms with Crippen LogP contribution in [0.1, 0.15) is 43.2 Å². The molecule has 0 amide bonds. The quantitative estimate of drug-likeness (QED) is 0.424. The van der Waals surface area contributed by atoms with E-state index in [1.165, 1.54) is 6.42 Å². The van der Waals surface area contributed by atoms with Gasteiger partial charge >= 0.3 is 0 Å². The Labute approximate surface area is 149 Å². The van der Waals surface area contributed by atoms with Crippen molar-refractivity contribution in [1.82, 2.24) is 0 Å². The third-order valence-electron chi connectivity index (χ3n) is 3.32. The van der Waals surface area contributed by atoms with Crippen LogP contribution in [-0.2, 0) is 0 Å². The van der Waals surface area contributed by atoms with Crippen molar-refractivity contribution in [2.24, 2.45) is 0 Å². The largest absolute Gasteiger partial charge is 0.113 e. The van der Waals surface area contributed by atoms with Gasteiger partial charge in [-0.05, 0) is 49.2 Å². The number of benzene rings is 2. The van der Waals surface area contributed by atoms with Gasteiger partial charge in [-0.3, -0.25) is 0 Å². The zero-order chi connectivity index (χ0) is 16.3. The van der Waals surface area contributed by atoms with Gasteiger partial charge in [-0.2, -0.15) is 0 Å². The minimum atomic E-state index is 0.778. The molecule has 0 nitrogen and oxygen atoms in total. The molecule has 0 aliphatic rings. The summed E-state index contributed by atoms with van der Waals surface area (Å²) in [5, 5.41) is 0. The number of hydrogen-bond acceptors (Lipinski definition) is 0. The molecule has 0 spiro atoms. The molecule has 0 aliphatic carbocycles. The standard InChI is InChI=1S/C21H18BBr/c22-20-14-10-18(11-15-20)8-6-4-2-1-3-5-7-9-19-12-16-21(23)17-13-19/h10-17H,1-5H2. The highest BCUT2D eigenvalue weighted by atomic mass is 79.9. The van der Waals surface area contributed by atoms with Gasteiger partial charge in [0.15, 0.2) is 0 Å². The molecule has 112 valence electrons. The lowest BCUT2D eigenvalue weighted by atomic mass is 9.95. The van der Waals surface area contributed by atoms with E-state index in [0.29, 0.717) is 0 Å². The van der Waals surface area contributed by atoms with Crippen molar-refractivity contribution in [1.29, 1.82) is 0 Å². The average molecular weight is 361 g/mol. The van der Waals surface area contributed by atoms with E-state index in [4.69, 9.17) is 7.85 Å². The van der Waals surface area contributed by atoms with Gasteiger partial charge in [0.05, 0.1) is 0 Å². The summed E-state index contributed by atoms with van der Waals surface area (Å²) in [5.41, 5.74) is 2.88. The first-order valence-electron chi connectivity index (χ1n) is 7.83. The molecule has 0 saturated heterocycles. The second-order valence-electron chi connectivity index (χ2n) is 5.29. The van der Waals surface area contributed by atoms with Gasteiger partial charge in [-0.15, -0.1) is 0 Å². The summed E-state index contributed by atoms with van der Waals surface area (Å²) in [6.07, 6.45) is 5.31. The van der Waals surface area contributed by atoms with Gasteiger partial charge in [-0.25, -0.2) is 0 Å². The van der Waals surface area contributed by atoms with E-state index in [-0.39, 0.29) is 0 Å². The fourth-order valence-electron chi connectivity index (χ4n) is 2.03. The smallest absolute Gasteiger partial charge is 0.0979 e. The van der Waals surface area contributed by atoms with Crippen molar-refractivity contribution in [3.05, 3.63) is 64.1 Å². The molecule has 0 unspecified atom stereocenters. The fraction of sp³-hybridized carbons (Fsp3) is 0.238. The Morgan fingerprint density at radius 2 is 1.17 bits per heavy atom. The van der Waals surface area contributed by atoms with Crippen molar-refractivity contribution in [3.63, 3.8) is 0 Å². The Bertz CT molecular complexity index is 656. The van der Waals surface area contributed by atoms with E-state index in [1.807, 2.05) is 48.5 Å². The summed E-state index contributed by atoms with van der Waals surface area (Å²) in [7, 11) is 5.64. The molecule has 2 heteroatoms. The first-order valence-corrected chi connectivity index (χ1v) is 8.62. The van der Waals surface area contributed by atoms with E-state index >= 15 is 0 Å². The first-order chi connectivity index (χ1) is 11.2. The second-order valence-corrected chi connectivity index (χ2v) is 6.21. The Morgan fingerprint density at radius 3 is 1.70 bits per heavy atom. The van der Waals surface area contributed by atoms with Crippen LogP contribution in [0.3, 0.4) is 0 Å². The predicted octanol–water partition coefficient (Wildman–Crippen LogP) is 4.60. The molecular weight excluding hydrogens is 343 g/mol. The van der Waals surface area contributed by atoms with Gasteiger partial charge in [0, 0.05) is 28.4 Å². The van der Waals surface area contributed by atoms with Gasteiger partial charge in [-0.1, -0.05) is 63.6 Å². The van der Waals surface area contributed by atoms with Crippen LogP contribution in [-0.4, -0.2) is 7.85 Å². The second kappa shape index (κ2) is 9.99. The van der Waals surface area contributed by atoms with Crippen molar-refractivity contribution in [2.75, 3.05) is 0 Å². The highest BCUT2D eigenvalue weighted by Crippen LogP contribution is 2.09. The van der Waals surface area contributed by atoms with Gasteiger partial charge in [0.2, 0.25) is 0 Å². The van der Waals surface area contributed by atoms with Crippen molar-refractivity contribution in [2.45, 2.75) is 32.1 Å². The van der Waals surface area contributed by atoms with Crippen LogP contribution in [0.4, 0.5) is 0 Å². The highest BCUT2D eigenvalue weighted by Gasteiger charge is 1.89. The zero-order valence-electron chi connectivity index (χ0n) is 13.1. The Kier molecular flexibility index (Phi) is 7.58. The van der Waals surface area contributed by atoms with Crippen LogP contribution in [0.25, 0.3) is 0 Å². The molecule has 23 heavy (non-hydrogen) atoms. The number of rotatable bonds is 4. The normalized spacial score (nSPS) is 9.43. The molecule has 2 radical (unpaired) electrons. The molecule has 0 heterocycles. The van der Waals surface area contributed by atoms with E-state index < -0.39 is 0 Å². The third-order valence-corrected chi connectivity index (χ3v) is 3.85. The molecule has 0 atom stereocenters. The first kappa shape index (κ1) is 17.5. The Hall–Kier alpha value is -1.90. The predicted molar refractivity (Wildman–Crippen MR) is 103 cm³/mol. The summed E-state index contributed by atoms with van der Waals surface area (Å²) in [6, 6.07) is 15.8. The fourth-order valence-corrected chi connectivity index (χ4v) is 2.30. The minimum Gasteiger partial charge on any atom is -0.0979 e. The molecule has 2 aromatic carbocycles. The molecule has 2 aromatic rings. The van der Waals surface area contributed by atoms with Gasteiger partial charge < -0.3 is 0 Å². The van der Waals surface area contributed by atoms with Crippen molar-refractivity contribution >= 4 is 29.2 Å². The molecule has 0 bridgehead atoms. The van der Waals surface area contributed by atoms with E-state index in [0.717, 1.165) is 46.7 Å². The lowest BCUT2D eigenvalue weighted by Crippen LogP contribution is -1.99. The van der Waals surface area contributed by atoms with Gasteiger partial charge in [0.1, 0.15) is 7.85 Å². The maximum absolute atomic E-state index is 5.64. The molecule has 0 saturated carbocycles. The molecule has 0 aromatic heterocycles. The Morgan fingerprint density at radius 1 is 0.696 bits per heavy atom. The molecular formula is C21H18BBr. The van der Waals surface area contributed by atoms with Crippen LogP contribution >= 0.6 is 15.9 Å². The van der Waals surface area contributed by atoms with Crippen LogP contribution in [0.2, 0.25) is 0 Å².